The molecule has 0 aliphatic rings. The molecular weight excluding hydrogens is 407 g/mol. The molecule has 0 heterocycles. The van der Waals surface area contributed by atoms with Crippen LogP contribution in [0.25, 0.3) is 0 Å². The zero-order valence-electron chi connectivity index (χ0n) is 9.95. The lowest BCUT2D eigenvalue weighted by Crippen LogP contribution is -2.12. The van der Waals surface area contributed by atoms with E-state index in [0.29, 0.717) is 26.3 Å². The van der Waals surface area contributed by atoms with Crippen LogP contribution in [0.3, 0.4) is 0 Å². The molecule has 3 nitrogen and oxygen atoms in total. The molecule has 1 N–H and O–H groups in total. The number of carbonyl (C=O) groups is 1. The average molecular weight is 414 g/mol. The first-order valence-electron chi connectivity index (χ1n) is 5.47. The first kappa shape index (κ1) is 15.0. The molecule has 6 heteroatoms. The van der Waals surface area contributed by atoms with E-state index in [2.05, 4.69) is 37.2 Å². The first-order valence-corrected chi connectivity index (χ1v) is 7.43. The van der Waals surface area contributed by atoms with E-state index in [9.17, 15) is 4.79 Å². The Hall–Kier alpha value is -1.35. The van der Waals surface area contributed by atoms with Gasteiger partial charge in [-0.25, -0.2) is 0 Å². The van der Waals surface area contributed by atoms with Gasteiger partial charge in [-0.05, 0) is 52.3 Å². The predicted molar refractivity (Wildman–Crippen MR) is 86.0 cm³/mol. The van der Waals surface area contributed by atoms with Crippen molar-refractivity contribution in [2.75, 3.05) is 5.32 Å². The number of hydrogen-bond donors (Lipinski definition) is 1. The van der Waals surface area contributed by atoms with Gasteiger partial charge in [0.25, 0.3) is 5.91 Å². The summed E-state index contributed by atoms with van der Waals surface area (Å²) in [5.41, 5.74) is 1.34. The van der Waals surface area contributed by atoms with E-state index in [1.165, 1.54) is 6.07 Å². The van der Waals surface area contributed by atoms with Crippen molar-refractivity contribution in [1.29, 1.82) is 5.26 Å². The van der Waals surface area contributed by atoms with E-state index in [-0.39, 0.29) is 5.91 Å². The molecule has 2 rings (SSSR count). The van der Waals surface area contributed by atoms with E-state index >= 15 is 0 Å². The van der Waals surface area contributed by atoms with Crippen molar-refractivity contribution in [2.24, 2.45) is 0 Å². The van der Waals surface area contributed by atoms with Crippen molar-refractivity contribution >= 4 is 55.1 Å². The topological polar surface area (TPSA) is 52.9 Å². The molecule has 0 fully saturated rings. The van der Waals surface area contributed by atoms with Crippen molar-refractivity contribution in [2.45, 2.75) is 0 Å². The average Bonchev–Trinajstić information content (AvgIpc) is 2.40. The summed E-state index contributed by atoms with van der Waals surface area (Å²) in [5, 5.41) is 12.0. The number of nitrogens with one attached hydrogen (secondary N) is 1. The number of hydrogen-bond acceptors (Lipinski definition) is 2. The van der Waals surface area contributed by atoms with Crippen molar-refractivity contribution in [1.82, 2.24) is 0 Å². The standard InChI is InChI=1S/C14H7Br2ClN2O/c15-9-1-3-11(12(16)6-9)14(20)19-10-2-4-13(17)8(5-10)7-18/h1-6H,(H,19,20). The van der Waals surface area contributed by atoms with E-state index in [4.69, 9.17) is 16.9 Å². The Bertz CT molecular complexity index is 726. The van der Waals surface area contributed by atoms with Gasteiger partial charge in [-0.15, -0.1) is 0 Å². The molecule has 2 aromatic rings. The summed E-state index contributed by atoms with van der Waals surface area (Å²) in [6.07, 6.45) is 0. The summed E-state index contributed by atoms with van der Waals surface area (Å²) in [5.74, 6) is -0.268. The summed E-state index contributed by atoms with van der Waals surface area (Å²) in [7, 11) is 0. The first-order chi connectivity index (χ1) is 9.51. The monoisotopic (exact) mass is 412 g/mol. The fourth-order valence-corrected chi connectivity index (χ4v) is 2.95. The molecule has 0 radical (unpaired) electrons. The maximum atomic E-state index is 12.2. The Labute approximate surface area is 137 Å². The normalized spacial score (nSPS) is 9.90. The lowest BCUT2D eigenvalue weighted by molar-refractivity contribution is 0.102. The molecule has 2 aromatic carbocycles. The van der Waals surface area contributed by atoms with Crippen LogP contribution in [-0.4, -0.2) is 5.91 Å². The number of rotatable bonds is 2. The minimum atomic E-state index is -0.268. The fourth-order valence-electron chi connectivity index (χ4n) is 1.56. The van der Waals surface area contributed by atoms with Gasteiger partial charge in [-0.3, -0.25) is 4.79 Å². The maximum absolute atomic E-state index is 12.2. The molecule has 0 aliphatic heterocycles. The summed E-state index contributed by atoms with van der Waals surface area (Å²) < 4.78 is 1.55. The van der Waals surface area contributed by atoms with E-state index in [0.717, 1.165) is 4.47 Å². The summed E-state index contributed by atoms with van der Waals surface area (Å²) in [4.78, 5) is 12.2. The van der Waals surface area contributed by atoms with Crippen LogP contribution < -0.4 is 5.32 Å². The highest BCUT2D eigenvalue weighted by molar-refractivity contribution is 9.11. The minimum Gasteiger partial charge on any atom is -0.322 e. The Kier molecular flexibility index (Phi) is 4.81. The van der Waals surface area contributed by atoms with Crippen LogP contribution in [0, 0.1) is 11.3 Å². The summed E-state index contributed by atoms with van der Waals surface area (Å²) >= 11 is 12.5. The van der Waals surface area contributed by atoms with Crippen LogP contribution in [0.2, 0.25) is 5.02 Å². The third-order valence-corrected chi connectivity index (χ3v) is 4.00. The van der Waals surface area contributed by atoms with Crippen molar-refractivity contribution in [3.63, 3.8) is 0 Å². The highest BCUT2D eigenvalue weighted by atomic mass is 79.9. The Balaban J connectivity index is 2.26. The number of nitrogens with zero attached hydrogens (tertiary/aromatic N) is 1. The zero-order valence-corrected chi connectivity index (χ0v) is 13.9. The van der Waals surface area contributed by atoms with Crippen LogP contribution >= 0.6 is 43.5 Å². The number of amides is 1. The third-order valence-electron chi connectivity index (χ3n) is 2.52. The van der Waals surface area contributed by atoms with Crippen LogP contribution in [-0.2, 0) is 0 Å². The van der Waals surface area contributed by atoms with Crippen molar-refractivity contribution < 1.29 is 4.79 Å². The maximum Gasteiger partial charge on any atom is 0.256 e. The number of anilines is 1. The molecule has 0 saturated heterocycles. The lowest BCUT2D eigenvalue weighted by atomic mass is 10.2. The van der Waals surface area contributed by atoms with Crippen LogP contribution in [0.15, 0.2) is 45.3 Å². The molecule has 0 atom stereocenters. The molecule has 0 bridgehead atoms. The number of halogens is 3. The van der Waals surface area contributed by atoms with E-state index in [1.54, 1.807) is 30.3 Å². The minimum absolute atomic E-state index is 0.268. The predicted octanol–water partition coefficient (Wildman–Crippen LogP) is 4.99. The number of nitriles is 1. The molecule has 0 unspecified atom stereocenters. The van der Waals surface area contributed by atoms with Crippen LogP contribution in [0.5, 0.6) is 0 Å². The van der Waals surface area contributed by atoms with Gasteiger partial charge in [0.15, 0.2) is 0 Å². The quantitative estimate of drug-likeness (QED) is 0.753. The SMILES string of the molecule is N#Cc1cc(NC(=O)c2ccc(Br)cc2Br)ccc1Cl. The van der Waals surface area contributed by atoms with Gasteiger partial charge in [-0.1, -0.05) is 27.5 Å². The highest BCUT2D eigenvalue weighted by Crippen LogP contribution is 2.24. The molecule has 0 saturated carbocycles. The van der Waals surface area contributed by atoms with Gasteiger partial charge in [-0.2, -0.15) is 5.26 Å². The smallest absolute Gasteiger partial charge is 0.256 e. The number of carbonyl (C=O) groups excluding carboxylic acids is 1. The highest BCUT2D eigenvalue weighted by Gasteiger charge is 2.11. The second kappa shape index (κ2) is 6.40. The zero-order chi connectivity index (χ0) is 14.7. The molecule has 100 valence electrons. The van der Waals surface area contributed by atoms with Gasteiger partial charge in [0.1, 0.15) is 6.07 Å². The Morgan fingerprint density at radius 2 is 1.95 bits per heavy atom. The summed E-state index contributed by atoms with van der Waals surface area (Å²) in [6.45, 7) is 0. The molecule has 20 heavy (non-hydrogen) atoms. The molecule has 0 spiro atoms. The second-order valence-corrected chi connectivity index (χ2v) is 6.06. The summed E-state index contributed by atoms with van der Waals surface area (Å²) in [6, 6.07) is 12.0. The van der Waals surface area contributed by atoms with Crippen molar-refractivity contribution in [3.8, 4) is 6.07 Å². The van der Waals surface area contributed by atoms with Gasteiger partial charge < -0.3 is 5.32 Å². The van der Waals surface area contributed by atoms with Gasteiger partial charge in [0, 0.05) is 14.6 Å². The van der Waals surface area contributed by atoms with Gasteiger partial charge in [0.05, 0.1) is 16.1 Å². The van der Waals surface area contributed by atoms with Crippen molar-refractivity contribution in [3.05, 3.63) is 61.5 Å². The largest absolute Gasteiger partial charge is 0.322 e. The van der Waals surface area contributed by atoms with Crippen LogP contribution in [0.4, 0.5) is 5.69 Å². The molecular formula is C14H7Br2ClN2O. The van der Waals surface area contributed by atoms with E-state index < -0.39 is 0 Å². The Morgan fingerprint density at radius 3 is 2.60 bits per heavy atom. The molecule has 0 aliphatic carbocycles. The van der Waals surface area contributed by atoms with E-state index in [1.807, 2.05) is 6.07 Å². The van der Waals surface area contributed by atoms with Gasteiger partial charge >= 0.3 is 0 Å². The number of benzene rings is 2. The fraction of sp³-hybridized carbons (Fsp3) is 0. The van der Waals surface area contributed by atoms with Crippen LogP contribution in [0.1, 0.15) is 15.9 Å². The molecule has 1 amide bonds. The second-order valence-electron chi connectivity index (χ2n) is 3.88. The Morgan fingerprint density at radius 1 is 1.20 bits per heavy atom. The lowest BCUT2D eigenvalue weighted by Gasteiger charge is -2.08. The third kappa shape index (κ3) is 3.40. The molecule has 0 aromatic heterocycles. The van der Waals surface area contributed by atoms with Gasteiger partial charge in [0.2, 0.25) is 0 Å².